The molecule has 0 bridgehead atoms. The van der Waals surface area contributed by atoms with E-state index < -0.39 is 11.6 Å². The Morgan fingerprint density at radius 2 is 2.15 bits per heavy atom. The number of hydrogen-bond donors (Lipinski definition) is 3. The number of benzene rings is 1. The summed E-state index contributed by atoms with van der Waals surface area (Å²) < 4.78 is 6.31. The van der Waals surface area contributed by atoms with Crippen molar-refractivity contribution in [2.45, 2.75) is 50.3 Å². The van der Waals surface area contributed by atoms with Crippen molar-refractivity contribution in [1.29, 1.82) is 0 Å². The molecule has 27 heavy (non-hydrogen) atoms. The highest BCUT2D eigenvalue weighted by Crippen LogP contribution is 2.35. The first-order chi connectivity index (χ1) is 13.1. The molecule has 1 spiro atoms. The minimum absolute atomic E-state index is 0.147. The van der Waals surface area contributed by atoms with Gasteiger partial charge in [-0.25, -0.2) is 5.48 Å². The number of piperidine rings is 1. The number of carbonyl (C=O) groups is 2. The number of hydrogen-bond acceptors (Lipinski definition) is 5. The van der Waals surface area contributed by atoms with E-state index in [0.29, 0.717) is 22.9 Å². The molecule has 2 heterocycles. The van der Waals surface area contributed by atoms with E-state index in [2.05, 4.69) is 10.2 Å². The minimum atomic E-state index is -0.654. The monoisotopic (exact) mass is 371 g/mol. The third-order valence-electron chi connectivity index (χ3n) is 5.76. The molecule has 7 heteroatoms. The van der Waals surface area contributed by atoms with Crippen molar-refractivity contribution in [3.8, 4) is 5.75 Å². The number of ether oxygens (including phenoxy) is 1. The molecule has 7 nitrogen and oxygen atoms in total. The van der Waals surface area contributed by atoms with E-state index >= 15 is 0 Å². The summed E-state index contributed by atoms with van der Waals surface area (Å²) in [5.41, 5.74) is 2.03. The summed E-state index contributed by atoms with van der Waals surface area (Å²) in [6.07, 6.45) is 9.58. The van der Waals surface area contributed by atoms with Crippen molar-refractivity contribution >= 4 is 17.9 Å². The molecule has 2 amide bonds. The number of likely N-dealkylation sites (tertiary alicyclic amines) is 1. The lowest BCUT2D eigenvalue weighted by Crippen LogP contribution is -2.65. The molecule has 1 saturated heterocycles. The molecule has 1 aliphatic carbocycles. The van der Waals surface area contributed by atoms with Crippen LogP contribution in [0.4, 0.5) is 0 Å². The summed E-state index contributed by atoms with van der Waals surface area (Å²) in [5.74, 6) is -0.191. The Morgan fingerprint density at radius 1 is 1.33 bits per heavy atom. The second-order valence-electron chi connectivity index (χ2n) is 7.63. The van der Waals surface area contributed by atoms with Gasteiger partial charge in [0.15, 0.2) is 5.72 Å². The number of amides is 2. The van der Waals surface area contributed by atoms with E-state index in [0.717, 1.165) is 25.9 Å². The molecule has 1 saturated carbocycles. The lowest BCUT2D eigenvalue weighted by Gasteiger charge is -2.47. The Kier molecular flexibility index (Phi) is 4.88. The van der Waals surface area contributed by atoms with Crippen LogP contribution < -0.4 is 15.5 Å². The molecule has 0 aromatic heterocycles. The molecule has 1 aromatic carbocycles. The van der Waals surface area contributed by atoms with Crippen LogP contribution in [0, 0.1) is 0 Å². The fraction of sp³-hybridized carbons (Fsp3) is 0.500. The number of hydroxylamine groups is 1. The topological polar surface area (TPSA) is 90.9 Å². The number of rotatable bonds is 3. The zero-order chi connectivity index (χ0) is 18.9. The highest BCUT2D eigenvalue weighted by molar-refractivity contribution is 5.99. The van der Waals surface area contributed by atoms with Crippen LogP contribution >= 0.6 is 0 Å². The molecule has 4 rings (SSSR count). The first-order valence-corrected chi connectivity index (χ1v) is 9.60. The molecule has 1 unspecified atom stereocenters. The number of nitrogens with one attached hydrogen (secondary N) is 2. The molecule has 3 aliphatic rings. The first kappa shape index (κ1) is 18.0. The Bertz CT molecular complexity index is 772. The summed E-state index contributed by atoms with van der Waals surface area (Å²) in [5, 5.41) is 11.6. The van der Waals surface area contributed by atoms with Crippen LogP contribution in [-0.4, -0.2) is 46.8 Å². The molecule has 3 N–H and O–H groups in total. The van der Waals surface area contributed by atoms with Gasteiger partial charge in [0.05, 0.1) is 12.1 Å². The van der Waals surface area contributed by atoms with Gasteiger partial charge in [-0.1, -0.05) is 18.9 Å². The van der Waals surface area contributed by atoms with Crippen LogP contribution in [0.2, 0.25) is 0 Å². The van der Waals surface area contributed by atoms with Crippen LogP contribution in [0.5, 0.6) is 5.75 Å². The van der Waals surface area contributed by atoms with Gasteiger partial charge in [-0.15, -0.1) is 0 Å². The second kappa shape index (κ2) is 7.32. The molecule has 1 atom stereocenters. The van der Waals surface area contributed by atoms with E-state index in [-0.39, 0.29) is 5.91 Å². The molecule has 2 fully saturated rings. The number of fused-ring (bicyclic) bond motifs is 1. The fourth-order valence-corrected chi connectivity index (χ4v) is 4.46. The standard InChI is InChI=1S/C20H25N3O4/c24-18(22-26)9-7-14-6-8-17-16(12-14)19(25)21-20(27-17)10-3-11-23(13-20)15-4-1-2-5-15/h6-9,12,15,26H,1-5,10-11,13H2,(H,21,25)(H,22,24)/b9-7+. The van der Waals surface area contributed by atoms with Gasteiger partial charge in [0.1, 0.15) is 5.75 Å². The van der Waals surface area contributed by atoms with Crippen LogP contribution in [-0.2, 0) is 4.79 Å². The zero-order valence-electron chi connectivity index (χ0n) is 15.2. The van der Waals surface area contributed by atoms with Crippen LogP contribution in [0.15, 0.2) is 24.3 Å². The Morgan fingerprint density at radius 3 is 2.93 bits per heavy atom. The van der Waals surface area contributed by atoms with Gasteiger partial charge in [-0.3, -0.25) is 19.7 Å². The quantitative estimate of drug-likeness (QED) is 0.430. The summed E-state index contributed by atoms with van der Waals surface area (Å²) in [6, 6.07) is 5.87. The predicted octanol–water partition coefficient (Wildman–Crippen LogP) is 2.06. The van der Waals surface area contributed by atoms with Gasteiger partial charge in [0.2, 0.25) is 0 Å². The van der Waals surface area contributed by atoms with Gasteiger partial charge in [0, 0.05) is 18.5 Å². The number of nitrogens with zero attached hydrogens (tertiary/aromatic N) is 1. The summed E-state index contributed by atoms with van der Waals surface area (Å²) in [7, 11) is 0. The lowest BCUT2D eigenvalue weighted by atomic mass is 9.96. The van der Waals surface area contributed by atoms with E-state index in [1.807, 2.05) is 0 Å². The van der Waals surface area contributed by atoms with E-state index in [4.69, 9.17) is 9.94 Å². The van der Waals surface area contributed by atoms with Gasteiger partial charge in [-0.2, -0.15) is 0 Å². The molecular formula is C20H25N3O4. The highest BCUT2D eigenvalue weighted by Gasteiger charge is 2.44. The van der Waals surface area contributed by atoms with Gasteiger partial charge in [0.25, 0.3) is 11.8 Å². The van der Waals surface area contributed by atoms with Gasteiger partial charge >= 0.3 is 0 Å². The number of carbonyl (C=O) groups excluding carboxylic acids is 2. The Hall–Kier alpha value is -2.38. The van der Waals surface area contributed by atoms with Crippen molar-refractivity contribution < 1.29 is 19.5 Å². The van der Waals surface area contributed by atoms with E-state index in [1.54, 1.807) is 18.2 Å². The second-order valence-corrected chi connectivity index (χ2v) is 7.63. The maximum Gasteiger partial charge on any atom is 0.267 e. The predicted molar refractivity (Wildman–Crippen MR) is 99.3 cm³/mol. The van der Waals surface area contributed by atoms with Crippen LogP contribution in [0.25, 0.3) is 6.08 Å². The summed E-state index contributed by atoms with van der Waals surface area (Å²) >= 11 is 0. The maximum atomic E-state index is 12.8. The minimum Gasteiger partial charge on any atom is -0.466 e. The van der Waals surface area contributed by atoms with Crippen molar-refractivity contribution in [2.75, 3.05) is 13.1 Å². The average molecular weight is 371 g/mol. The normalized spacial score (nSPS) is 26.0. The molecule has 0 radical (unpaired) electrons. The fourth-order valence-electron chi connectivity index (χ4n) is 4.46. The largest absolute Gasteiger partial charge is 0.466 e. The molecule has 2 aliphatic heterocycles. The smallest absolute Gasteiger partial charge is 0.267 e. The highest BCUT2D eigenvalue weighted by atomic mass is 16.5. The van der Waals surface area contributed by atoms with E-state index in [9.17, 15) is 9.59 Å². The molecule has 144 valence electrons. The van der Waals surface area contributed by atoms with Gasteiger partial charge < -0.3 is 10.1 Å². The van der Waals surface area contributed by atoms with Crippen molar-refractivity contribution in [1.82, 2.24) is 15.7 Å². The Labute approximate surface area is 158 Å². The third-order valence-corrected chi connectivity index (χ3v) is 5.76. The molecular weight excluding hydrogens is 346 g/mol. The summed E-state index contributed by atoms with van der Waals surface area (Å²) in [4.78, 5) is 26.4. The Balaban J connectivity index is 1.53. The third kappa shape index (κ3) is 3.70. The molecule has 1 aromatic rings. The van der Waals surface area contributed by atoms with Crippen molar-refractivity contribution in [2.24, 2.45) is 0 Å². The van der Waals surface area contributed by atoms with Crippen molar-refractivity contribution in [3.05, 3.63) is 35.4 Å². The summed E-state index contributed by atoms with van der Waals surface area (Å²) in [6.45, 7) is 1.79. The van der Waals surface area contributed by atoms with Crippen LogP contribution in [0.1, 0.15) is 54.4 Å². The van der Waals surface area contributed by atoms with E-state index in [1.165, 1.54) is 43.3 Å². The SMILES string of the molecule is O=C(/C=C/c1ccc2c(c1)C(=O)NC1(CCCN(C3CCCC3)C1)O2)NO. The zero-order valence-corrected chi connectivity index (χ0v) is 15.2. The van der Waals surface area contributed by atoms with Crippen LogP contribution in [0.3, 0.4) is 0 Å². The van der Waals surface area contributed by atoms with Gasteiger partial charge in [-0.05, 0) is 49.6 Å². The van der Waals surface area contributed by atoms with Crippen molar-refractivity contribution in [3.63, 3.8) is 0 Å². The first-order valence-electron chi connectivity index (χ1n) is 9.60. The lowest BCUT2D eigenvalue weighted by molar-refractivity contribution is -0.124. The average Bonchev–Trinajstić information content (AvgIpc) is 3.21. The maximum absolute atomic E-state index is 12.8.